The molecule has 1 aromatic carbocycles. The number of rotatable bonds is 6. The molecule has 1 aromatic rings. The van der Waals surface area contributed by atoms with E-state index in [9.17, 15) is 14.4 Å². The molecule has 1 aliphatic heterocycles. The summed E-state index contributed by atoms with van der Waals surface area (Å²) in [6.45, 7) is 0.560. The Balaban J connectivity index is 1.57. The monoisotopic (exact) mass is 292 g/mol. The number of carbonyl (C=O) groups is 3. The van der Waals surface area contributed by atoms with Crippen molar-refractivity contribution in [3.05, 3.63) is 35.9 Å². The Morgan fingerprint density at radius 3 is 2.71 bits per heavy atom. The maximum atomic E-state index is 11.4. The van der Waals surface area contributed by atoms with Crippen LogP contribution in [0.3, 0.4) is 0 Å². The number of hydrogen-bond donors (Lipinski definition) is 2. The quantitative estimate of drug-likeness (QED) is 0.468. The molecule has 21 heavy (non-hydrogen) atoms. The number of hydrogen-bond acceptors (Lipinski definition) is 5. The molecular formula is C14H16N2O5. The minimum absolute atomic E-state index is 0.206. The summed E-state index contributed by atoms with van der Waals surface area (Å²) in [6.07, 6.45) is -0.304. The zero-order valence-corrected chi connectivity index (χ0v) is 11.3. The highest BCUT2D eigenvalue weighted by Crippen LogP contribution is 2.06. The standard InChI is InChI=1S/C14H16N2O5/c17-12-11(16-14(19)21-12)7-4-8-15-13(18)20-9-10-5-2-1-3-6-10/h1-3,5-6,11H,4,7-9H2,(H,15,18)(H,16,19)/t11-/m0/s1. The van der Waals surface area contributed by atoms with Crippen molar-refractivity contribution in [3.63, 3.8) is 0 Å². The van der Waals surface area contributed by atoms with Gasteiger partial charge in [0, 0.05) is 6.54 Å². The molecule has 0 spiro atoms. The maximum Gasteiger partial charge on any atom is 0.415 e. The van der Waals surface area contributed by atoms with Crippen LogP contribution in [0.1, 0.15) is 18.4 Å². The number of benzene rings is 1. The van der Waals surface area contributed by atoms with Gasteiger partial charge in [-0.3, -0.25) is 0 Å². The zero-order chi connectivity index (χ0) is 15.1. The number of ether oxygens (including phenoxy) is 2. The van der Waals surface area contributed by atoms with Gasteiger partial charge in [0.1, 0.15) is 12.6 Å². The van der Waals surface area contributed by atoms with Crippen LogP contribution < -0.4 is 10.6 Å². The lowest BCUT2D eigenvalue weighted by Gasteiger charge is -2.08. The summed E-state index contributed by atoms with van der Waals surface area (Å²) in [5.41, 5.74) is 0.907. The summed E-state index contributed by atoms with van der Waals surface area (Å²) in [6, 6.07) is 8.72. The average Bonchev–Trinajstić information content (AvgIpc) is 2.80. The predicted octanol–water partition coefficient (Wildman–Crippen LogP) is 1.33. The van der Waals surface area contributed by atoms with Gasteiger partial charge in [-0.2, -0.15) is 0 Å². The summed E-state index contributed by atoms with van der Waals surface area (Å²) < 4.78 is 9.37. The molecule has 0 unspecified atom stereocenters. The first kappa shape index (κ1) is 14.8. The first-order chi connectivity index (χ1) is 10.1. The molecule has 7 nitrogen and oxygen atoms in total. The number of alkyl carbamates (subject to hydrolysis) is 2. The van der Waals surface area contributed by atoms with Crippen molar-refractivity contribution in [2.45, 2.75) is 25.5 Å². The fourth-order valence-corrected chi connectivity index (χ4v) is 1.85. The Labute approximate surface area is 121 Å². The van der Waals surface area contributed by atoms with E-state index in [1.807, 2.05) is 30.3 Å². The van der Waals surface area contributed by atoms with E-state index >= 15 is 0 Å². The summed E-state index contributed by atoms with van der Waals surface area (Å²) in [5, 5.41) is 4.96. The highest BCUT2D eigenvalue weighted by Gasteiger charge is 2.31. The second kappa shape index (κ2) is 7.28. The molecule has 2 amide bonds. The fraction of sp³-hybridized carbons (Fsp3) is 0.357. The van der Waals surface area contributed by atoms with E-state index in [0.29, 0.717) is 19.4 Å². The Kier molecular flexibility index (Phi) is 5.14. The fourth-order valence-electron chi connectivity index (χ4n) is 1.85. The van der Waals surface area contributed by atoms with Crippen molar-refractivity contribution in [2.24, 2.45) is 0 Å². The molecule has 112 valence electrons. The smallest absolute Gasteiger partial charge is 0.415 e. The van der Waals surface area contributed by atoms with Crippen LogP contribution >= 0.6 is 0 Å². The molecule has 0 aliphatic carbocycles. The first-order valence-electron chi connectivity index (χ1n) is 6.62. The lowest BCUT2D eigenvalue weighted by atomic mass is 10.2. The number of nitrogens with one attached hydrogen (secondary N) is 2. The molecular weight excluding hydrogens is 276 g/mol. The van der Waals surface area contributed by atoms with Crippen molar-refractivity contribution >= 4 is 18.2 Å². The normalized spacial score (nSPS) is 17.0. The van der Waals surface area contributed by atoms with Crippen molar-refractivity contribution in [1.29, 1.82) is 0 Å². The van der Waals surface area contributed by atoms with Gasteiger partial charge in [0.2, 0.25) is 0 Å². The van der Waals surface area contributed by atoms with E-state index in [1.165, 1.54) is 0 Å². The highest BCUT2D eigenvalue weighted by atomic mass is 16.6. The van der Waals surface area contributed by atoms with Crippen LogP contribution in [0, 0.1) is 0 Å². The van der Waals surface area contributed by atoms with E-state index in [-0.39, 0.29) is 6.61 Å². The van der Waals surface area contributed by atoms with E-state index in [0.717, 1.165) is 5.56 Å². The highest BCUT2D eigenvalue weighted by molar-refractivity contribution is 5.95. The molecule has 7 heteroatoms. The van der Waals surface area contributed by atoms with Crippen molar-refractivity contribution in [2.75, 3.05) is 6.54 Å². The summed E-state index contributed by atoms with van der Waals surface area (Å²) in [5.74, 6) is -0.577. The van der Waals surface area contributed by atoms with E-state index < -0.39 is 24.2 Å². The molecule has 0 saturated carbocycles. The lowest BCUT2D eigenvalue weighted by Crippen LogP contribution is -2.31. The third kappa shape index (κ3) is 4.79. The molecule has 1 fully saturated rings. The third-order valence-electron chi connectivity index (χ3n) is 2.92. The van der Waals surface area contributed by atoms with Crippen molar-refractivity contribution in [3.8, 4) is 0 Å². The third-order valence-corrected chi connectivity index (χ3v) is 2.92. The molecule has 1 saturated heterocycles. The Bertz CT molecular complexity index is 517. The van der Waals surface area contributed by atoms with Crippen LogP contribution in [0.2, 0.25) is 0 Å². The van der Waals surface area contributed by atoms with E-state index in [2.05, 4.69) is 15.4 Å². The summed E-state index contributed by atoms with van der Waals surface area (Å²) in [4.78, 5) is 33.4. The molecule has 2 N–H and O–H groups in total. The summed E-state index contributed by atoms with van der Waals surface area (Å²) in [7, 11) is 0. The SMILES string of the molecule is O=C(NCCC[C@@H]1NC(=O)OC1=O)OCc1ccccc1. The number of amides is 2. The van der Waals surface area contributed by atoms with Gasteiger partial charge in [-0.1, -0.05) is 30.3 Å². The van der Waals surface area contributed by atoms with Crippen molar-refractivity contribution < 1.29 is 23.9 Å². The average molecular weight is 292 g/mol. The van der Waals surface area contributed by atoms with Crippen LogP contribution in [0.15, 0.2) is 30.3 Å². The lowest BCUT2D eigenvalue weighted by molar-refractivity contribution is -0.135. The molecule has 0 radical (unpaired) electrons. The van der Waals surface area contributed by atoms with Crippen LogP contribution in [-0.2, 0) is 20.9 Å². The zero-order valence-electron chi connectivity index (χ0n) is 11.3. The molecule has 1 aliphatic rings. The van der Waals surface area contributed by atoms with Gasteiger partial charge in [-0.05, 0) is 18.4 Å². The second-order valence-electron chi connectivity index (χ2n) is 4.54. The van der Waals surface area contributed by atoms with Gasteiger partial charge in [0.25, 0.3) is 0 Å². The van der Waals surface area contributed by atoms with Gasteiger partial charge >= 0.3 is 18.2 Å². The molecule has 0 aromatic heterocycles. The van der Waals surface area contributed by atoms with Crippen LogP contribution in [0.4, 0.5) is 9.59 Å². The molecule has 1 heterocycles. The largest absolute Gasteiger partial charge is 0.445 e. The first-order valence-corrected chi connectivity index (χ1v) is 6.62. The Hall–Kier alpha value is -2.57. The van der Waals surface area contributed by atoms with Crippen LogP contribution in [-0.4, -0.2) is 30.7 Å². The second-order valence-corrected chi connectivity index (χ2v) is 4.54. The van der Waals surface area contributed by atoms with Gasteiger partial charge in [0.15, 0.2) is 0 Å². The number of cyclic esters (lactones) is 2. The van der Waals surface area contributed by atoms with Gasteiger partial charge in [-0.15, -0.1) is 0 Å². The number of esters is 1. The van der Waals surface area contributed by atoms with E-state index in [4.69, 9.17) is 4.74 Å². The topological polar surface area (TPSA) is 93.7 Å². The van der Waals surface area contributed by atoms with Gasteiger partial charge < -0.3 is 20.1 Å². The molecule has 0 bridgehead atoms. The Morgan fingerprint density at radius 1 is 1.29 bits per heavy atom. The minimum Gasteiger partial charge on any atom is -0.445 e. The summed E-state index contributed by atoms with van der Waals surface area (Å²) >= 11 is 0. The van der Waals surface area contributed by atoms with Gasteiger partial charge in [-0.25, -0.2) is 14.4 Å². The molecule has 2 rings (SSSR count). The predicted molar refractivity (Wildman–Crippen MR) is 72.3 cm³/mol. The van der Waals surface area contributed by atoms with Crippen molar-refractivity contribution in [1.82, 2.24) is 10.6 Å². The van der Waals surface area contributed by atoms with Crippen LogP contribution in [0.5, 0.6) is 0 Å². The molecule has 1 atom stereocenters. The van der Waals surface area contributed by atoms with E-state index in [1.54, 1.807) is 0 Å². The minimum atomic E-state index is -0.722. The Morgan fingerprint density at radius 2 is 2.05 bits per heavy atom. The number of carbonyl (C=O) groups excluding carboxylic acids is 3. The maximum absolute atomic E-state index is 11.4. The van der Waals surface area contributed by atoms with Crippen LogP contribution in [0.25, 0.3) is 0 Å². The van der Waals surface area contributed by atoms with Gasteiger partial charge in [0.05, 0.1) is 0 Å².